The third-order valence-corrected chi connectivity index (χ3v) is 4.18. The lowest BCUT2D eigenvalue weighted by atomic mass is 10.2. The Labute approximate surface area is 137 Å². The van der Waals surface area contributed by atoms with Crippen LogP contribution in [0.5, 0.6) is 0 Å². The van der Waals surface area contributed by atoms with Crippen molar-refractivity contribution in [3.8, 4) is 0 Å². The van der Waals surface area contributed by atoms with Crippen LogP contribution in [0.1, 0.15) is 4.88 Å². The largest absolute Gasteiger partial charge is 0.867 e. The summed E-state index contributed by atoms with van der Waals surface area (Å²) in [6.07, 6.45) is 5.25. The molecule has 0 spiro atoms. The molecule has 0 saturated heterocycles. The maximum absolute atomic E-state index is 12.7. The number of thiophene rings is 1. The first kappa shape index (κ1) is 15.7. The Morgan fingerprint density at radius 3 is 2.67 bits per heavy atom. The molecule has 2 rings (SSSR count). The molecule has 2 heterocycles. The van der Waals surface area contributed by atoms with E-state index < -0.39 is 0 Å². The van der Waals surface area contributed by atoms with E-state index in [0.29, 0.717) is 26.4 Å². The van der Waals surface area contributed by atoms with E-state index in [4.69, 9.17) is 23.8 Å². The third-order valence-electron chi connectivity index (χ3n) is 2.61. The first-order valence-electron chi connectivity index (χ1n) is 6.16. The van der Waals surface area contributed by atoms with E-state index in [0.717, 1.165) is 0 Å². The summed E-state index contributed by atoms with van der Waals surface area (Å²) in [5.41, 5.74) is 0.394. The summed E-state index contributed by atoms with van der Waals surface area (Å²) in [7, 11) is 0. The molecule has 0 aliphatic heterocycles. The van der Waals surface area contributed by atoms with Crippen molar-refractivity contribution >= 4 is 51.6 Å². The highest BCUT2D eigenvalue weighted by Crippen LogP contribution is 2.26. The Kier molecular flexibility index (Phi) is 5.50. The van der Waals surface area contributed by atoms with E-state index in [1.807, 2.05) is 18.2 Å². The predicted molar refractivity (Wildman–Crippen MR) is 89.9 cm³/mol. The second kappa shape index (κ2) is 7.36. The molecule has 21 heavy (non-hydrogen) atoms. The molecular weight excluding hydrogens is 324 g/mol. The van der Waals surface area contributed by atoms with Crippen LogP contribution in [0.25, 0.3) is 11.5 Å². The van der Waals surface area contributed by atoms with Crippen molar-refractivity contribution in [2.45, 2.75) is 0 Å². The number of pyridine rings is 1. The number of nitrogens with one attached hydrogen (secondary N) is 1. The van der Waals surface area contributed by atoms with Gasteiger partial charge in [0, 0.05) is 23.6 Å². The average Bonchev–Trinajstić information content (AvgIpc) is 2.93. The van der Waals surface area contributed by atoms with Gasteiger partial charge >= 0.3 is 0 Å². The highest BCUT2D eigenvalue weighted by atomic mass is 35.5. The molecule has 0 bridgehead atoms. The molecule has 2 aromatic rings. The quantitative estimate of drug-likeness (QED) is 0.300. The molecule has 3 nitrogen and oxygen atoms in total. The van der Waals surface area contributed by atoms with E-state index in [2.05, 4.69) is 11.9 Å². The van der Waals surface area contributed by atoms with Gasteiger partial charge in [0.2, 0.25) is 5.70 Å². The molecular formula is C15H13ClN2OS2. The van der Waals surface area contributed by atoms with Crippen molar-refractivity contribution in [2.75, 3.05) is 6.54 Å². The maximum Gasteiger partial charge on any atom is 0.238 e. The predicted octanol–water partition coefficient (Wildman–Crippen LogP) is 2.48. The van der Waals surface area contributed by atoms with Gasteiger partial charge in [0.15, 0.2) is 17.4 Å². The molecule has 2 aromatic heterocycles. The lowest BCUT2D eigenvalue weighted by Crippen LogP contribution is -2.42. The zero-order chi connectivity index (χ0) is 15.2. The number of rotatable bonds is 5. The van der Waals surface area contributed by atoms with Crippen LogP contribution in [0, 0.1) is 0 Å². The van der Waals surface area contributed by atoms with E-state index in [-0.39, 0.29) is 5.76 Å². The third kappa shape index (κ3) is 3.91. The van der Waals surface area contributed by atoms with E-state index >= 15 is 0 Å². The Morgan fingerprint density at radius 1 is 1.38 bits per heavy atom. The number of nitrogens with zero attached hydrogens (tertiary/aromatic N) is 1. The minimum Gasteiger partial charge on any atom is -0.867 e. The minimum atomic E-state index is -0.162. The summed E-state index contributed by atoms with van der Waals surface area (Å²) in [4.78, 5) is 0.926. The fourth-order valence-electron chi connectivity index (χ4n) is 1.69. The van der Waals surface area contributed by atoms with Gasteiger partial charge < -0.3 is 10.4 Å². The van der Waals surface area contributed by atoms with Gasteiger partial charge in [0.1, 0.15) is 0 Å². The van der Waals surface area contributed by atoms with Crippen LogP contribution in [-0.4, -0.2) is 11.5 Å². The number of hydrogen-bond acceptors (Lipinski definition) is 3. The number of hydrogen-bond donors (Lipinski definition) is 1. The van der Waals surface area contributed by atoms with Gasteiger partial charge in [-0.05, 0) is 17.9 Å². The van der Waals surface area contributed by atoms with Crippen LogP contribution in [0.2, 0.25) is 4.34 Å². The molecule has 6 heteroatoms. The van der Waals surface area contributed by atoms with Crippen LogP contribution >= 0.6 is 35.2 Å². The summed E-state index contributed by atoms with van der Waals surface area (Å²) >= 11 is 12.5. The molecule has 108 valence electrons. The SMILES string of the molecule is C=CCNC(=S)/C(=C(/[O-])c1ccc(Cl)s1)[n+]1ccccc1. The summed E-state index contributed by atoms with van der Waals surface area (Å²) in [6.45, 7) is 4.13. The summed E-state index contributed by atoms with van der Waals surface area (Å²) in [6, 6.07) is 8.96. The minimum absolute atomic E-state index is 0.162. The second-order valence-corrected chi connectivity index (χ2v) is 6.19. The number of halogens is 1. The Balaban J connectivity index is 2.49. The van der Waals surface area contributed by atoms with Gasteiger partial charge in [-0.1, -0.05) is 36.0 Å². The van der Waals surface area contributed by atoms with Gasteiger partial charge in [-0.3, -0.25) is 0 Å². The average molecular weight is 337 g/mol. The van der Waals surface area contributed by atoms with Crippen LogP contribution in [0.3, 0.4) is 0 Å². The van der Waals surface area contributed by atoms with Crippen molar-refractivity contribution in [3.63, 3.8) is 0 Å². The number of thiocarbonyl (C=S) groups is 1. The van der Waals surface area contributed by atoms with Crippen LogP contribution in [-0.2, 0) is 0 Å². The number of aromatic nitrogens is 1. The van der Waals surface area contributed by atoms with E-state index in [1.165, 1.54) is 11.3 Å². The molecule has 0 aromatic carbocycles. The van der Waals surface area contributed by atoms with Crippen molar-refractivity contribution in [2.24, 2.45) is 0 Å². The van der Waals surface area contributed by atoms with Crippen molar-refractivity contribution in [1.29, 1.82) is 0 Å². The second-order valence-electron chi connectivity index (χ2n) is 4.06. The van der Waals surface area contributed by atoms with Crippen LogP contribution < -0.4 is 15.0 Å². The molecule has 0 fully saturated rings. The first-order chi connectivity index (χ1) is 10.1. The van der Waals surface area contributed by atoms with E-state index in [9.17, 15) is 5.11 Å². The van der Waals surface area contributed by atoms with E-state index in [1.54, 1.807) is 35.2 Å². The molecule has 0 amide bonds. The molecule has 1 N–H and O–H groups in total. The summed E-state index contributed by atoms with van der Waals surface area (Å²) in [5.74, 6) is -0.162. The molecule has 0 unspecified atom stereocenters. The summed E-state index contributed by atoms with van der Waals surface area (Å²) in [5, 5.41) is 15.7. The highest BCUT2D eigenvalue weighted by molar-refractivity contribution is 7.81. The standard InChI is InChI=1S/C15H13ClN2OS2/c1-2-8-17-15(20)13(18-9-4-3-5-10-18)14(19)11-6-7-12(16)21-11/h2-7,9-10H,1,8H2,(H-,17,19,20). The fraction of sp³-hybridized carbons (Fsp3) is 0.0667. The Hall–Kier alpha value is -1.69. The van der Waals surface area contributed by atoms with Crippen molar-refractivity contribution in [3.05, 3.63) is 64.6 Å². The van der Waals surface area contributed by atoms with Gasteiger partial charge in [-0.2, -0.15) is 4.57 Å². The smallest absolute Gasteiger partial charge is 0.238 e. The Bertz CT molecular complexity index is 680. The van der Waals surface area contributed by atoms with Crippen molar-refractivity contribution in [1.82, 2.24) is 5.32 Å². The zero-order valence-corrected chi connectivity index (χ0v) is 13.5. The normalized spacial score (nSPS) is 11.7. The molecule has 0 saturated carbocycles. The van der Waals surface area contributed by atoms with Crippen molar-refractivity contribution < 1.29 is 9.67 Å². The topological polar surface area (TPSA) is 39.0 Å². The lowest BCUT2D eigenvalue weighted by Gasteiger charge is -2.14. The monoisotopic (exact) mass is 336 g/mol. The molecule has 0 radical (unpaired) electrons. The van der Waals surface area contributed by atoms with Crippen LogP contribution in [0.4, 0.5) is 0 Å². The molecule has 0 aliphatic rings. The molecule has 0 aliphatic carbocycles. The first-order valence-corrected chi connectivity index (χ1v) is 7.76. The van der Waals surface area contributed by atoms with Crippen LogP contribution in [0.15, 0.2) is 55.4 Å². The molecule has 0 atom stereocenters. The lowest BCUT2D eigenvalue weighted by molar-refractivity contribution is -0.577. The highest BCUT2D eigenvalue weighted by Gasteiger charge is 2.18. The zero-order valence-electron chi connectivity index (χ0n) is 11.1. The summed E-state index contributed by atoms with van der Waals surface area (Å²) < 4.78 is 2.27. The fourth-order valence-corrected chi connectivity index (χ4v) is 2.95. The maximum atomic E-state index is 12.7. The van der Waals surface area contributed by atoms with Gasteiger partial charge in [-0.25, -0.2) is 0 Å². The van der Waals surface area contributed by atoms with Gasteiger partial charge in [0.05, 0.1) is 4.34 Å². The van der Waals surface area contributed by atoms with Gasteiger partial charge in [-0.15, -0.1) is 17.9 Å². The van der Waals surface area contributed by atoms with Gasteiger partial charge in [0.25, 0.3) is 0 Å². The Morgan fingerprint density at radius 2 is 2.10 bits per heavy atom.